The van der Waals surface area contributed by atoms with Crippen LogP contribution in [0.4, 0.5) is 0 Å². The van der Waals surface area contributed by atoms with Crippen LogP contribution in [0, 0.1) is 13.8 Å². The Labute approximate surface area is 150 Å². The van der Waals surface area contributed by atoms with Gasteiger partial charge in [0.1, 0.15) is 17.8 Å². The molecule has 0 unspecified atom stereocenters. The van der Waals surface area contributed by atoms with Gasteiger partial charge in [-0.2, -0.15) is 0 Å². The molecule has 0 aliphatic heterocycles. The van der Waals surface area contributed by atoms with Crippen LogP contribution in [0.5, 0.6) is 5.75 Å². The average Bonchev–Trinajstić information content (AvgIpc) is 3.04. The zero-order valence-electron chi connectivity index (χ0n) is 14.5. The summed E-state index contributed by atoms with van der Waals surface area (Å²) in [5.74, 6) is -0.232. The zero-order valence-corrected chi connectivity index (χ0v) is 14.5. The fourth-order valence-corrected chi connectivity index (χ4v) is 2.39. The number of amides is 2. The number of carbonyl (C=O) groups is 2. The number of benzene rings is 2. The van der Waals surface area contributed by atoms with E-state index >= 15 is 0 Å². The van der Waals surface area contributed by atoms with Crippen LogP contribution in [0.1, 0.15) is 11.1 Å². The van der Waals surface area contributed by atoms with Gasteiger partial charge in [-0.25, -0.2) is 4.68 Å². The Morgan fingerprint density at radius 1 is 1.08 bits per heavy atom. The molecule has 0 saturated heterocycles. The molecule has 1 aromatic heterocycles. The number of hydrazine groups is 1. The second kappa shape index (κ2) is 7.64. The van der Waals surface area contributed by atoms with E-state index in [0.717, 1.165) is 16.6 Å². The minimum Gasteiger partial charge on any atom is -0.483 e. The number of nitrogens with zero attached hydrogens (tertiary/aromatic N) is 3. The van der Waals surface area contributed by atoms with E-state index < -0.39 is 11.8 Å². The minimum absolute atomic E-state index is 0.0569. The maximum Gasteiger partial charge on any atom is 0.276 e. The van der Waals surface area contributed by atoms with Crippen LogP contribution in [-0.4, -0.2) is 33.4 Å². The van der Waals surface area contributed by atoms with Crippen LogP contribution in [-0.2, 0) is 16.1 Å². The van der Waals surface area contributed by atoms with E-state index in [0.29, 0.717) is 11.3 Å². The topological polar surface area (TPSA) is 98.1 Å². The van der Waals surface area contributed by atoms with E-state index in [2.05, 4.69) is 21.2 Å². The van der Waals surface area contributed by atoms with Crippen molar-refractivity contribution in [3.8, 4) is 5.75 Å². The van der Waals surface area contributed by atoms with Gasteiger partial charge in [-0.15, -0.1) is 5.10 Å². The molecule has 2 amide bonds. The lowest BCUT2D eigenvalue weighted by atomic mass is 10.1. The van der Waals surface area contributed by atoms with Gasteiger partial charge in [-0.3, -0.25) is 20.4 Å². The summed E-state index contributed by atoms with van der Waals surface area (Å²) in [6.45, 7) is 3.59. The third kappa shape index (κ3) is 4.15. The standard InChI is InChI=1S/C18H19N5O3/c1-12-7-8-13(2)16(9-12)26-11-18(25)21-20-17(24)10-23-15-6-4-3-5-14(15)19-22-23/h3-9H,10-11H2,1-2H3,(H,20,24)(H,21,25). The van der Waals surface area contributed by atoms with Gasteiger partial charge in [-0.1, -0.05) is 29.5 Å². The highest BCUT2D eigenvalue weighted by atomic mass is 16.5. The maximum atomic E-state index is 12.0. The number of aromatic nitrogens is 3. The smallest absolute Gasteiger partial charge is 0.276 e. The molecule has 8 heteroatoms. The fraction of sp³-hybridized carbons (Fsp3) is 0.222. The predicted molar refractivity (Wildman–Crippen MR) is 95.2 cm³/mol. The first-order valence-electron chi connectivity index (χ1n) is 8.09. The van der Waals surface area contributed by atoms with E-state index in [1.807, 2.05) is 56.3 Å². The van der Waals surface area contributed by atoms with Gasteiger partial charge in [0, 0.05) is 0 Å². The Kier molecular flexibility index (Phi) is 5.12. The molecule has 134 valence electrons. The number of fused-ring (bicyclic) bond motifs is 1. The summed E-state index contributed by atoms with van der Waals surface area (Å²) in [4.78, 5) is 23.8. The summed E-state index contributed by atoms with van der Waals surface area (Å²) in [7, 11) is 0. The molecule has 2 aromatic carbocycles. The Bertz CT molecular complexity index is 951. The first-order valence-corrected chi connectivity index (χ1v) is 8.09. The van der Waals surface area contributed by atoms with Crippen molar-refractivity contribution in [2.75, 3.05) is 6.61 Å². The van der Waals surface area contributed by atoms with Crippen molar-refractivity contribution in [3.63, 3.8) is 0 Å². The monoisotopic (exact) mass is 353 g/mol. The summed E-state index contributed by atoms with van der Waals surface area (Å²) >= 11 is 0. The number of rotatable bonds is 5. The third-order valence-electron chi connectivity index (χ3n) is 3.76. The van der Waals surface area contributed by atoms with Gasteiger partial charge in [0.15, 0.2) is 6.61 Å². The van der Waals surface area contributed by atoms with Crippen molar-refractivity contribution < 1.29 is 14.3 Å². The van der Waals surface area contributed by atoms with Crippen LogP contribution in [0.15, 0.2) is 42.5 Å². The summed E-state index contributed by atoms with van der Waals surface area (Å²) in [5, 5.41) is 7.90. The fourth-order valence-electron chi connectivity index (χ4n) is 2.39. The molecule has 3 aromatic rings. The molecule has 0 spiro atoms. The van der Waals surface area contributed by atoms with E-state index in [9.17, 15) is 9.59 Å². The average molecular weight is 353 g/mol. The summed E-state index contributed by atoms with van der Waals surface area (Å²) in [5.41, 5.74) is 8.08. The van der Waals surface area contributed by atoms with Gasteiger partial charge in [0.2, 0.25) is 0 Å². The second-order valence-corrected chi connectivity index (χ2v) is 5.89. The minimum atomic E-state index is -0.456. The molecule has 0 atom stereocenters. The normalized spacial score (nSPS) is 10.5. The van der Waals surface area contributed by atoms with Gasteiger partial charge in [-0.05, 0) is 43.2 Å². The van der Waals surface area contributed by atoms with Crippen molar-refractivity contribution >= 4 is 22.8 Å². The zero-order chi connectivity index (χ0) is 18.5. The quantitative estimate of drug-likeness (QED) is 0.673. The molecule has 0 fully saturated rings. The van der Waals surface area contributed by atoms with E-state index in [1.165, 1.54) is 4.68 Å². The van der Waals surface area contributed by atoms with Crippen molar-refractivity contribution in [2.24, 2.45) is 0 Å². The summed E-state index contributed by atoms with van der Waals surface area (Å²) in [6, 6.07) is 13.1. The number of hydrogen-bond acceptors (Lipinski definition) is 5. The number of ether oxygens (including phenoxy) is 1. The maximum absolute atomic E-state index is 12.0. The lowest BCUT2D eigenvalue weighted by molar-refractivity contribution is -0.130. The number of para-hydroxylation sites is 1. The number of hydrogen-bond donors (Lipinski definition) is 2. The first kappa shape index (κ1) is 17.4. The molecular weight excluding hydrogens is 334 g/mol. The predicted octanol–water partition coefficient (Wildman–Crippen LogP) is 1.27. The molecule has 8 nitrogen and oxygen atoms in total. The largest absolute Gasteiger partial charge is 0.483 e. The molecular formula is C18H19N5O3. The molecule has 0 saturated carbocycles. The molecule has 1 heterocycles. The van der Waals surface area contributed by atoms with Crippen LogP contribution < -0.4 is 15.6 Å². The van der Waals surface area contributed by atoms with Crippen LogP contribution in [0.25, 0.3) is 11.0 Å². The molecule has 0 radical (unpaired) electrons. The molecule has 0 bridgehead atoms. The van der Waals surface area contributed by atoms with Crippen LogP contribution >= 0.6 is 0 Å². The van der Waals surface area contributed by atoms with Gasteiger partial charge in [0.05, 0.1) is 5.52 Å². The first-order chi connectivity index (χ1) is 12.5. The second-order valence-electron chi connectivity index (χ2n) is 5.89. The lowest BCUT2D eigenvalue weighted by Gasteiger charge is -2.11. The van der Waals surface area contributed by atoms with Crippen molar-refractivity contribution in [1.82, 2.24) is 25.8 Å². The summed E-state index contributed by atoms with van der Waals surface area (Å²) < 4.78 is 6.95. The molecule has 2 N–H and O–H groups in total. The van der Waals surface area contributed by atoms with E-state index in [4.69, 9.17) is 4.74 Å². The number of nitrogens with one attached hydrogen (secondary N) is 2. The van der Waals surface area contributed by atoms with E-state index in [-0.39, 0.29) is 13.2 Å². The van der Waals surface area contributed by atoms with Gasteiger partial charge >= 0.3 is 0 Å². The Balaban J connectivity index is 1.48. The highest BCUT2D eigenvalue weighted by Gasteiger charge is 2.10. The highest BCUT2D eigenvalue weighted by molar-refractivity contribution is 5.83. The SMILES string of the molecule is Cc1ccc(C)c(OCC(=O)NNC(=O)Cn2nnc3ccccc32)c1. The van der Waals surface area contributed by atoms with Crippen molar-refractivity contribution in [2.45, 2.75) is 20.4 Å². The molecule has 3 rings (SSSR count). The molecule has 0 aliphatic rings. The number of aryl methyl sites for hydroxylation is 2. The summed E-state index contributed by atoms with van der Waals surface area (Å²) in [6.07, 6.45) is 0. The Morgan fingerprint density at radius 2 is 1.85 bits per heavy atom. The Hall–Kier alpha value is -3.42. The van der Waals surface area contributed by atoms with E-state index in [1.54, 1.807) is 0 Å². The van der Waals surface area contributed by atoms with Gasteiger partial charge in [0.25, 0.3) is 11.8 Å². The number of carbonyl (C=O) groups excluding carboxylic acids is 2. The van der Waals surface area contributed by atoms with Crippen molar-refractivity contribution in [1.29, 1.82) is 0 Å². The third-order valence-corrected chi connectivity index (χ3v) is 3.76. The van der Waals surface area contributed by atoms with Crippen LogP contribution in [0.3, 0.4) is 0 Å². The van der Waals surface area contributed by atoms with Crippen LogP contribution in [0.2, 0.25) is 0 Å². The molecule has 0 aliphatic carbocycles. The highest BCUT2D eigenvalue weighted by Crippen LogP contribution is 2.18. The lowest BCUT2D eigenvalue weighted by Crippen LogP contribution is -2.45. The Morgan fingerprint density at radius 3 is 2.69 bits per heavy atom. The van der Waals surface area contributed by atoms with Gasteiger partial charge < -0.3 is 4.74 Å². The molecule has 26 heavy (non-hydrogen) atoms. The van der Waals surface area contributed by atoms with Crippen molar-refractivity contribution in [3.05, 3.63) is 53.6 Å².